The van der Waals surface area contributed by atoms with E-state index in [1.54, 1.807) is 11.3 Å². The maximum Gasteiger partial charge on any atom is 0.180 e. The number of benzene rings is 7. The van der Waals surface area contributed by atoms with Crippen molar-refractivity contribution in [1.82, 2.24) is 9.97 Å². The number of furan rings is 1. The molecule has 3 heterocycles. The highest BCUT2D eigenvalue weighted by atomic mass is 32.1. The fourth-order valence-corrected chi connectivity index (χ4v) is 9.47. The molecule has 5 nitrogen and oxygen atoms in total. The summed E-state index contributed by atoms with van der Waals surface area (Å²) >= 11 is 1.76. The number of fused-ring (bicyclic) bond motifs is 6. The lowest BCUT2D eigenvalue weighted by Gasteiger charge is -2.12. The van der Waals surface area contributed by atoms with Crippen molar-refractivity contribution in [3.63, 3.8) is 0 Å². The summed E-state index contributed by atoms with van der Waals surface area (Å²) in [6, 6.07) is 59.0. The van der Waals surface area contributed by atoms with E-state index < -0.39 is 0 Å². The van der Waals surface area contributed by atoms with E-state index in [0.717, 1.165) is 78.1 Å². The van der Waals surface area contributed by atoms with E-state index in [-0.39, 0.29) is 0 Å². The predicted molar refractivity (Wildman–Crippen MR) is 258 cm³/mol. The summed E-state index contributed by atoms with van der Waals surface area (Å²) < 4.78 is 8.66. The van der Waals surface area contributed by atoms with Gasteiger partial charge < -0.3 is 4.42 Å². The molecule has 0 amide bonds. The maximum atomic E-state index is 6.38. The molecular formula is C55H42N4OS. The van der Waals surface area contributed by atoms with Crippen molar-refractivity contribution in [1.29, 1.82) is 0 Å². The van der Waals surface area contributed by atoms with Gasteiger partial charge in [0.1, 0.15) is 16.8 Å². The van der Waals surface area contributed by atoms with Gasteiger partial charge in [0, 0.05) is 48.0 Å². The largest absolute Gasteiger partial charge is 0.452 e. The van der Waals surface area contributed by atoms with E-state index in [9.17, 15) is 0 Å². The first-order chi connectivity index (χ1) is 30.0. The highest BCUT2D eigenvalue weighted by Gasteiger charge is 2.20. The second-order valence-electron chi connectivity index (χ2n) is 15.3. The van der Waals surface area contributed by atoms with Crippen LogP contribution in [0.25, 0.3) is 81.7 Å². The topological polar surface area (TPSA) is 63.6 Å². The lowest BCUT2D eigenvalue weighted by molar-refractivity contribution is 0.667. The van der Waals surface area contributed by atoms with E-state index in [1.807, 2.05) is 49.4 Å². The fraction of sp³-hybridized carbons (Fsp3) is 0.0909. The van der Waals surface area contributed by atoms with Crippen LogP contribution in [0, 0.1) is 6.92 Å². The predicted octanol–water partition coefficient (Wildman–Crippen LogP) is 15.0. The zero-order chi connectivity index (χ0) is 41.3. The Balaban J connectivity index is 1.07. The van der Waals surface area contributed by atoms with Crippen molar-refractivity contribution in [3.05, 3.63) is 198 Å². The number of rotatable bonds is 9. The number of hydrogen-bond acceptors (Lipinski definition) is 5. The lowest BCUT2D eigenvalue weighted by Crippen LogP contribution is -2.05. The molecule has 3 aromatic heterocycles. The first kappa shape index (κ1) is 38.0. The molecule has 10 aromatic rings. The van der Waals surface area contributed by atoms with Crippen molar-refractivity contribution in [3.8, 4) is 33.8 Å². The van der Waals surface area contributed by atoms with Gasteiger partial charge in [0.05, 0.1) is 5.70 Å². The zero-order valence-electron chi connectivity index (χ0n) is 34.3. The molecule has 0 spiro atoms. The molecule has 0 unspecified atom stereocenters. The molecule has 0 aliphatic rings. The van der Waals surface area contributed by atoms with E-state index in [2.05, 4.69) is 147 Å². The Morgan fingerprint density at radius 3 is 2.20 bits per heavy atom. The van der Waals surface area contributed by atoms with Crippen LogP contribution < -0.4 is 0 Å². The van der Waals surface area contributed by atoms with Gasteiger partial charge in [-0.05, 0) is 85.7 Å². The van der Waals surface area contributed by atoms with Crippen LogP contribution >= 0.6 is 11.3 Å². The minimum absolute atomic E-state index is 0.657. The van der Waals surface area contributed by atoms with Gasteiger partial charge in [0.15, 0.2) is 17.2 Å². The Kier molecular flexibility index (Phi) is 10.2. The summed E-state index contributed by atoms with van der Waals surface area (Å²) in [5, 5.41) is 3.31. The van der Waals surface area contributed by atoms with Crippen LogP contribution in [0.3, 0.4) is 0 Å². The van der Waals surface area contributed by atoms with Gasteiger partial charge in [-0.3, -0.25) is 0 Å². The van der Waals surface area contributed by atoms with Gasteiger partial charge in [-0.15, -0.1) is 11.3 Å². The molecule has 0 saturated carbocycles. The van der Waals surface area contributed by atoms with Crippen molar-refractivity contribution >= 4 is 70.8 Å². The summed E-state index contributed by atoms with van der Waals surface area (Å²) in [5.74, 6) is 1.36. The number of aromatic nitrogens is 2. The molecule has 0 radical (unpaired) electrons. The summed E-state index contributed by atoms with van der Waals surface area (Å²) in [5.41, 5.74) is 14.1. The number of para-hydroxylation sites is 1. The second kappa shape index (κ2) is 16.4. The highest BCUT2D eigenvalue weighted by molar-refractivity contribution is 7.26. The Labute approximate surface area is 359 Å². The normalized spacial score (nSPS) is 12.6. The average Bonchev–Trinajstić information content (AvgIpc) is 3.88. The van der Waals surface area contributed by atoms with Crippen LogP contribution in [0.15, 0.2) is 190 Å². The highest BCUT2D eigenvalue weighted by Crippen LogP contribution is 2.40. The van der Waals surface area contributed by atoms with E-state index in [4.69, 9.17) is 24.4 Å². The molecule has 0 N–H and O–H groups in total. The van der Waals surface area contributed by atoms with Crippen LogP contribution in [0.2, 0.25) is 0 Å². The molecule has 10 rings (SSSR count). The van der Waals surface area contributed by atoms with Crippen LogP contribution in [0.4, 0.5) is 0 Å². The molecular weight excluding hydrogens is 765 g/mol. The molecule has 0 fully saturated rings. The van der Waals surface area contributed by atoms with Crippen molar-refractivity contribution < 1.29 is 4.42 Å². The number of nitrogens with zero attached hydrogens (tertiary/aromatic N) is 4. The first-order valence-corrected chi connectivity index (χ1v) is 21.5. The molecule has 0 aliphatic carbocycles. The maximum absolute atomic E-state index is 6.38. The van der Waals surface area contributed by atoms with Gasteiger partial charge in [0.2, 0.25) is 0 Å². The molecule has 0 saturated heterocycles. The number of thiophene rings is 1. The van der Waals surface area contributed by atoms with Crippen molar-refractivity contribution in [2.24, 2.45) is 9.98 Å². The van der Waals surface area contributed by atoms with Gasteiger partial charge in [-0.25, -0.2) is 20.0 Å². The molecule has 0 bridgehead atoms. The molecule has 61 heavy (non-hydrogen) atoms. The molecule has 7 aromatic carbocycles. The van der Waals surface area contributed by atoms with Crippen molar-refractivity contribution in [2.75, 3.05) is 0 Å². The lowest BCUT2D eigenvalue weighted by atomic mass is 9.93. The third-order valence-electron chi connectivity index (χ3n) is 11.3. The molecule has 6 heteroatoms. The Bertz CT molecular complexity index is 3340. The Morgan fingerprint density at radius 1 is 0.656 bits per heavy atom. The molecule has 0 atom stereocenters. The average molecular weight is 807 g/mol. The minimum Gasteiger partial charge on any atom is -0.452 e. The number of allylic oxidation sites excluding steroid dienone is 1. The number of aryl methyl sites for hydroxylation is 2. The third kappa shape index (κ3) is 7.36. The first-order valence-electron chi connectivity index (χ1n) is 20.7. The van der Waals surface area contributed by atoms with Crippen molar-refractivity contribution in [2.45, 2.75) is 33.6 Å². The molecule has 0 aliphatic heterocycles. The van der Waals surface area contributed by atoms with E-state index in [0.29, 0.717) is 17.2 Å². The van der Waals surface area contributed by atoms with E-state index in [1.165, 1.54) is 33.0 Å². The molecule has 294 valence electrons. The minimum atomic E-state index is 0.657. The second-order valence-corrected chi connectivity index (χ2v) is 16.4. The number of aliphatic imine (C=N–C) groups is 2. The Hall–Kier alpha value is -7.28. The smallest absolute Gasteiger partial charge is 0.180 e. The summed E-state index contributed by atoms with van der Waals surface area (Å²) in [4.78, 5) is 21.0. The van der Waals surface area contributed by atoms with Gasteiger partial charge in [-0.2, -0.15) is 0 Å². The van der Waals surface area contributed by atoms with Crippen LogP contribution in [-0.2, 0) is 6.42 Å². The van der Waals surface area contributed by atoms with Gasteiger partial charge in [0.25, 0.3) is 0 Å². The van der Waals surface area contributed by atoms with Crippen LogP contribution in [0.5, 0.6) is 0 Å². The number of amidine groups is 1. The summed E-state index contributed by atoms with van der Waals surface area (Å²) in [7, 11) is 0. The van der Waals surface area contributed by atoms with Crippen LogP contribution in [-0.4, -0.2) is 21.5 Å². The summed E-state index contributed by atoms with van der Waals surface area (Å²) in [6.45, 7) is 6.35. The van der Waals surface area contributed by atoms with Crippen LogP contribution in [0.1, 0.15) is 42.5 Å². The van der Waals surface area contributed by atoms with Gasteiger partial charge >= 0.3 is 0 Å². The number of hydrogen-bond donors (Lipinski definition) is 0. The standard InChI is InChI=1S/C55H42N4OS/c1-4-47(38-20-7-5-8-21-38)57-55(56-36(3)30-31-37-19-12-14-25-42(37)41-24-13-11-18-35(41)2)46-28-17-27-44-43-33-32-40(34-49(43)61-53(44)46)54-58-50(39-22-9-6-10-23-39)52-51(59-54)45-26-15-16-29-48(45)60-52/h4-29,32-34H,30-31H2,1-3H3/b47-4-,56-36?,57-55?. The Morgan fingerprint density at radius 2 is 1.38 bits per heavy atom. The van der Waals surface area contributed by atoms with E-state index >= 15 is 0 Å². The zero-order valence-corrected chi connectivity index (χ0v) is 35.1. The SMILES string of the molecule is C/C=C(\N=C(N=C(C)CCc1ccccc1-c1ccccc1C)c1cccc2c1sc1cc(-c3nc(-c4ccccc4)c4oc5ccccc5c4n3)ccc12)c1ccccc1. The van der Waals surface area contributed by atoms with Gasteiger partial charge in [-0.1, -0.05) is 152 Å². The summed E-state index contributed by atoms with van der Waals surface area (Å²) in [6.07, 6.45) is 3.73. The quantitative estimate of drug-likeness (QED) is 0.108. The third-order valence-corrected chi connectivity index (χ3v) is 12.5. The fourth-order valence-electron chi connectivity index (χ4n) is 8.22. The monoisotopic (exact) mass is 806 g/mol.